The van der Waals surface area contributed by atoms with Crippen molar-refractivity contribution in [1.29, 1.82) is 0 Å². The molecular weight excluding hydrogens is 162 g/mol. The van der Waals surface area contributed by atoms with Gasteiger partial charge in [-0.1, -0.05) is 0 Å². The van der Waals surface area contributed by atoms with Crippen LogP contribution in [-0.4, -0.2) is 22.8 Å². The van der Waals surface area contributed by atoms with Crippen LogP contribution >= 0.6 is 0 Å². The molecule has 4 N–H and O–H groups in total. The molecule has 1 rings (SSSR count). The number of amides is 1. The number of aliphatic carboxylic acids is 1. The van der Waals surface area contributed by atoms with E-state index in [2.05, 4.69) is 10.5 Å². The zero-order valence-corrected chi connectivity index (χ0v) is 6.28. The van der Waals surface area contributed by atoms with E-state index < -0.39 is 11.9 Å². The molecule has 1 amide bonds. The number of hydrogen-bond donors (Lipinski definition) is 3. The Kier molecular flexibility index (Phi) is 2.27. The van der Waals surface area contributed by atoms with Crippen molar-refractivity contribution in [1.82, 2.24) is 5.43 Å². The van der Waals surface area contributed by atoms with Crippen LogP contribution in [0.2, 0.25) is 0 Å². The number of carboxylic acid groups (broad SMARTS) is 1. The molecule has 6 heteroatoms. The maximum absolute atomic E-state index is 10.9. The minimum Gasteiger partial charge on any atom is -0.481 e. The van der Waals surface area contributed by atoms with Gasteiger partial charge in [0, 0.05) is 6.42 Å². The fourth-order valence-electron chi connectivity index (χ4n) is 0.957. The Hall–Kier alpha value is -1.59. The number of carbonyl (C=O) groups is 2. The minimum atomic E-state index is -0.942. The molecule has 0 aliphatic carbocycles. The van der Waals surface area contributed by atoms with E-state index in [1.54, 1.807) is 0 Å². The smallest absolute Gasteiger partial charge is 0.303 e. The van der Waals surface area contributed by atoms with E-state index in [0.717, 1.165) is 0 Å². The molecule has 0 saturated carbocycles. The van der Waals surface area contributed by atoms with Gasteiger partial charge in [0.05, 0.1) is 5.92 Å². The lowest BCUT2D eigenvalue weighted by molar-refractivity contribution is -0.137. The summed E-state index contributed by atoms with van der Waals surface area (Å²) in [6.45, 7) is 0. The Morgan fingerprint density at radius 1 is 1.75 bits per heavy atom. The zero-order valence-electron chi connectivity index (χ0n) is 6.28. The molecule has 0 fully saturated rings. The number of nitrogens with one attached hydrogen (secondary N) is 1. The van der Waals surface area contributed by atoms with Crippen LogP contribution in [0.5, 0.6) is 0 Å². The van der Waals surface area contributed by atoms with Crippen LogP contribution in [0.15, 0.2) is 5.10 Å². The van der Waals surface area contributed by atoms with Crippen LogP contribution in [-0.2, 0) is 9.59 Å². The second kappa shape index (κ2) is 3.21. The van der Waals surface area contributed by atoms with Crippen molar-refractivity contribution >= 4 is 17.7 Å². The third-order valence-electron chi connectivity index (χ3n) is 1.62. The van der Waals surface area contributed by atoms with E-state index in [1.807, 2.05) is 0 Å². The molecule has 12 heavy (non-hydrogen) atoms. The molecule has 66 valence electrons. The normalized spacial score (nSPS) is 21.8. The number of carboxylic acids is 1. The topological polar surface area (TPSA) is 105 Å². The SMILES string of the molecule is NC1=NNC(=O)C1CCC(=O)O. The van der Waals surface area contributed by atoms with Crippen LogP contribution in [0, 0.1) is 5.92 Å². The van der Waals surface area contributed by atoms with Gasteiger partial charge in [0.1, 0.15) is 5.84 Å². The monoisotopic (exact) mass is 171 g/mol. The molecule has 0 saturated heterocycles. The summed E-state index contributed by atoms with van der Waals surface area (Å²) in [7, 11) is 0. The largest absolute Gasteiger partial charge is 0.481 e. The quantitative estimate of drug-likeness (QED) is 0.499. The van der Waals surface area contributed by atoms with Crippen LogP contribution in [0.1, 0.15) is 12.8 Å². The summed E-state index contributed by atoms with van der Waals surface area (Å²) in [5.41, 5.74) is 7.50. The second-order valence-electron chi connectivity index (χ2n) is 2.50. The highest BCUT2D eigenvalue weighted by Crippen LogP contribution is 2.10. The van der Waals surface area contributed by atoms with Crippen molar-refractivity contribution in [3.8, 4) is 0 Å². The first-order valence-electron chi connectivity index (χ1n) is 3.46. The first-order chi connectivity index (χ1) is 5.61. The summed E-state index contributed by atoms with van der Waals surface area (Å²) >= 11 is 0. The van der Waals surface area contributed by atoms with Gasteiger partial charge in [-0.05, 0) is 6.42 Å². The highest BCUT2D eigenvalue weighted by atomic mass is 16.4. The Morgan fingerprint density at radius 3 is 2.83 bits per heavy atom. The Bertz CT molecular complexity index is 248. The first kappa shape index (κ1) is 8.51. The molecule has 0 aromatic heterocycles. The molecule has 0 spiro atoms. The maximum atomic E-state index is 10.9. The molecule has 1 unspecified atom stereocenters. The molecule has 1 heterocycles. The highest BCUT2D eigenvalue weighted by Gasteiger charge is 2.27. The van der Waals surface area contributed by atoms with E-state index in [-0.39, 0.29) is 24.6 Å². The lowest BCUT2D eigenvalue weighted by Crippen LogP contribution is -2.27. The van der Waals surface area contributed by atoms with Crippen molar-refractivity contribution < 1.29 is 14.7 Å². The maximum Gasteiger partial charge on any atom is 0.303 e. The van der Waals surface area contributed by atoms with Crippen LogP contribution in [0.25, 0.3) is 0 Å². The lowest BCUT2D eigenvalue weighted by atomic mass is 10.0. The van der Waals surface area contributed by atoms with Crippen molar-refractivity contribution in [3.63, 3.8) is 0 Å². The van der Waals surface area contributed by atoms with Gasteiger partial charge in [-0.2, -0.15) is 5.10 Å². The Morgan fingerprint density at radius 2 is 2.42 bits per heavy atom. The van der Waals surface area contributed by atoms with Gasteiger partial charge in [-0.25, -0.2) is 5.43 Å². The van der Waals surface area contributed by atoms with Crippen molar-refractivity contribution in [2.45, 2.75) is 12.8 Å². The van der Waals surface area contributed by atoms with Gasteiger partial charge in [0.25, 0.3) is 5.91 Å². The van der Waals surface area contributed by atoms with Gasteiger partial charge >= 0.3 is 5.97 Å². The number of hydrogen-bond acceptors (Lipinski definition) is 4. The van der Waals surface area contributed by atoms with Gasteiger partial charge in [-0.15, -0.1) is 0 Å². The van der Waals surface area contributed by atoms with Crippen molar-refractivity contribution in [3.05, 3.63) is 0 Å². The third kappa shape index (κ3) is 1.71. The number of rotatable bonds is 3. The zero-order chi connectivity index (χ0) is 9.14. The predicted molar refractivity (Wildman–Crippen MR) is 40.1 cm³/mol. The van der Waals surface area contributed by atoms with Gasteiger partial charge in [0.15, 0.2) is 0 Å². The standard InChI is InChI=1S/C6H9N3O3/c7-5-3(1-2-4(10)11)6(12)9-8-5/h3H,1-2H2,(H2,7,8)(H,9,12)(H,10,11). The number of carbonyl (C=O) groups excluding carboxylic acids is 1. The van der Waals surface area contributed by atoms with E-state index in [1.165, 1.54) is 0 Å². The summed E-state index contributed by atoms with van der Waals surface area (Å²) in [4.78, 5) is 21.1. The summed E-state index contributed by atoms with van der Waals surface area (Å²) < 4.78 is 0. The fraction of sp³-hybridized carbons (Fsp3) is 0.500. The first-order valence-corrected chi connectivity index (χ1v) is 3.46. The van der Waals surface area contributed by atoms with Gasteiger partial charge in [-0.3, -0.25) is 9.59 Å². The van der Waals surface area contributed by atoms with Gasteiger partial charge in [0.2, 0.25) is 0 Å². The minimum absolute atomic E-state index is 0.0751. The molecule has 0 bridgehead atoms. The average Bonchev–Trinajstić information content (AvgIpc) is 2.28. The number of nitrogens with zero attached hydrogens (tertiary/aromatic N) is 1. The summed E-state index contributed by atoms with van der Waals surface area (Å²) in [5, 5.41) is 11.8. The third-order valence-corrected chi connectivity index (χ3v) is 1.62. The fourth-order valence-corrected chi connectivity index (χ4v) is 0.957. The number of nitrogens with two attached hydrogens (primary N) is 1. The molecular formula is C6H9N3O3. The van der Waals surface area contributed by atoms with E-state index in [4.69, 9.17) is 10.8 Å². The van der Waals surface area contributed by atoms with E-state index in [0.29, 0.717) is 0 Å². The number of amidine groups is 1. The molecule has 1 aliphatic heterocycles. The number of hydrazone groups is 1. The van der Waals surface area contributed by atoms with E-state index in [9.17, 15) is 9.59 Å². The molecule has 6 nitrogen and oxygen atoms in total. The predicted octanol–water partition coefficient (Wildman–Crippen LogP) is -1.13. The van der Waals surface area contributed by atoms with Crippen LogP contribution in [0.3, 0.4) is 0 Å². The Labute approximate surface area is 68.4 Å². The summed E-state index contributed by atoms with van der Waals surface area (Å²) in [6.07, 6.45) is 0.130. The summed E-state index contributed by atoms with van der Waals surface area (Å²) in [5.74, 6) is -1.67. The lowest BCUT2D eigenvalue weighted by Gasteiger charge is -2.03. The molecule has 0 aromatic rings. The highest BCUT2D eigenvalue weighted by molar-refractivity contribution is 6.06. The van der Waals surface area contributed by atoms with E-state index >= 15 is 0 Å². The van der Waals surface area contributed by atoms with Crippen LogP contribution in [0.4, 0.5) is 0 Å². The molecule has 0 aromatic carbocycles. The second-order valence-corrected chi connectivity index (χ2v) is 2.50. The molecule has 1 atom stereocenters. The summed E-state index contributed by atoms with van der Waals surface area (Å²) in [6, 6.07) is 0. The van der Waals surface area contributed by atoms with Crippen molar-refractivity contribution in [2.75, 3.05) is 0 Å². The van der Waals surface area contributed by atoms with Gasteiger partial charge < -0.3 is 10.8 Å². The Balaban J connectivity index is 2.46. The molecule has 1 aliphatic rings. The van der Waals surface area contributed by atoms with Crippen LogP contribution < -0.4 is 11.2 Å². The van der Waals surface area contributed by atoms with Crippen molar-refractivity contribution in [2.24, 2.45) is 16.8 Å². The molecule has 0 radical (unpaired) electrons. The average molecular weight is 171 g/mol.